The lowest BCUT2D eigenvalue weighted by atomic mass is 9.80. The molecule has 1 fully saturated rings. The molecule has 0 radical (unpaired) electrons. The fourth-order valence-electron chi connectivity index (χ4n) is 3.08. The molecular formula is C16H22F4N2. The third kappa shape index (κ3) is 3.79. The van der Waals surface area contributed by atoms with Crippen LogP contribution in [0.2, 0.25) is 0 Å². The minimum Gasteiger partial charge on any atom is -0.314 e. The highest BCUT2D eigenvalue weighted by atomic mass is 19.4. The fraction of sp³-hybridized carbons (Fsp3) is 0.625. The summed E-state index contributed by atoms with van der Waals surface area (Å²) in [5, 5.41) is 3.21. The van der Waals surface area contributed by atoms with Crippen LogP contribution in [0.5, 0.6) is 0 Å². The van der Waals surface area contributed by atoms with Gasteiger partial charge in [-0.1, -0.05) is 20.8 Å². The van der Waals surface area contributed by atoms with E-state index in [1.807, 2.05) is 20.8 Å². The molecule has 1 aliphatic heterocycles. The first-order valence-corrected chi connectivity index (χ1v) is 7.42. The van der Waals surface area contributed by atoms with E-state index in [1.54, 1.807) is 0 Å². The predicted octanol–water partition coefficient (Wildman–Crippen LogP) is 3.84. The molecule has 22 heavy (non-hydrogen) atoms. The van der Waals surface area contributed by atoms with Gasteiger partial charge in [-0.25, -0.2) is 4.39 Å². The summed E-state index contributed by atoms with van der Waals surface area (Å²) in [6, 6.07) is 2.31. The highest BCUT2D eigenvalue weighted by molar-refractivity contribution is 5.30. The lowest BCUT2D eigenvalue weighted by molar-refractivity contribution is -0.137. The molecule has 2 nitrogen and oxygen atoms in total. The van der Waals surface area contributed by atoms with Crippen LogP contribution >= 0.6 is 0 Å². The summed E-state index contributed by atoms with van der Waals surface area (Å²) in [6.07, 6.45) is -4.46. The third-order valence-corrected chi connectivity index (χ3v) is 3.95. The topological polar surface area (TPSA) is 15.3 Å². The Balaban J connectivity index is 2.47. The molecule has 1 atom stereocenters. The highest BCUT2D eigenvalue weighted by Gasteiger charge is 2.37. The minimum absolute atomic E-state index is 0.129. The molecule has 0 amide bonds. The van der Waals surface area contributed by atoms with E-state index in [0.29, 0.717) is 13.1 Å². The van der Waals surface area contributed by atoms with Crippen LogP contribution in [0.1, 0.15) is 37.9 Å². The quantitative estimate of drug-likeness (QED) is 0.834. The number of nitrogens with zero attached hydrogens (tertiary/aromatic N) is 1. The number of halogens is 4. The molecule has 6 heteroatoms. The van der Waals surface area contributed by atoms with Gasteiger partial charge in [0, 0.05) is 37.8 Å². The molecule has 0 spiro atoms. The standard InChI is InChI=1S/C16H22F4N2/c1-15(2,3)14(22-8-6-21-7-9-22)12-10-11(16(18,19)20)4-5-13(12)17/h4-5,10,14,21H,6-9H2,1-3H3/t14-/m1/s1. The van der Waals surface area contributed by atoms with Crippen LogP contribution in [0, 0.1) is 11.2 Å². The monoisotopic (exact) mass is 318 g/mol. The SMILES string of the molecule is CC(C)(C)[C@@H](c1cc(C(F)(F)F)ccc1F)N1CCNCC1. The first kappa shape index (κ1) is 17.2. The van der Waals surface area contributed by atoms with Gasteiger partial charge in [0.1, 0.15) is 5.82 Å². The zero-order chi connectivity index (χ0) is 16.5. The van der Waals surface area contributed by atoms with Crippen LogP contribution < -0.4 is 5.32 Å². The van der Waals surface area contributed by atoms with E-state index >= 15 is 0 Å². The first-order valence-electron chi connectivity index (χ1n) is 7.42. The maximum Gasteiger partial charge on any atom is 0.416 e. The van der Waals surface area contributed by atoms with E-state index in [9.17, 15) is 17.6 Å². The number of hydrogen-bond acceptors (Lipinski definition) is 2. The van der Waals surface area contributed by atoms with Crippen LogP contribution in [-0.2, 0) is 6.18 Å². The van der Waals surface area contributed by atoms with Crippen molar-refractivity contribution in [3.63, 3.8) is 0 Å². The predicted molar refractivity (Wildman–Crippen MR) is 78.0 cm³/mol. The van der Waals surface area contributed by atoms with E-state index in [-0.39, 0.29) is 11.0 Å². The summed E-state index contributed by atoms with van der Waals surface area (Å²) in [5.74, 6) is -0.577. The lowest BCUT2D eigenvalue weighted by Gasteiger charge is -2.42. The maximum atomic E-state index is 14.3. The van der Waals surface area contributed by atoms with Gasteiger partial charge in [0.2, 0.25) is 0 Å². The minimum atomic E-state index is -4.46. The van der Waals surface area contributed by atoms with E-state index < -0.39 is 23.6 Å². The molecule has 0 bridgehead atoms. The summed E-state index contributed by atoms with van der Waals surface area (Å²) in [7, 11) is 0. The Morgan fingerprint density at radius 3 is 2.18 bits per heavy atom. The van der Waals surface area contributed by atoms with Gasteiger partial charge in [0.15, 0.2) is 0 Å². The van der Waals surface area contributed by atoms with Crippen molar-refractivity contribution in [1.29, 1.82) is 0 Å². The molecule has 0 aliphatic carbocycles. The van der Waals surface area contributed by atoms with Gasteiger partial charge in [-0.05, 0) is 23.6 Å². The van der Waals surface area contributed by atoms with E-state index in [0.717, 1.165) is 31.3 Å². The Hall–Kier alpha value is -1.14. The van der Waals surface area contributed by atoms with E-state index in [2.05, 4.69) is 10.2 Å². The number of alkyl halides is 3. The third-order valence-electron chi connectivity index (χ3n) is 3.95. The van der Waals surface area contributed by atoms with Crippen molar-refractivity contribution in [2.75, 3.05) is 26.2 Å². The Labute approximate surface area is 128 Å². The van der Waals surface area contributed by atoms with Crippen LogP contribution in [0.4, 0.5) is 17.6 Å². The summed E-state index contributed by atoms with van der Waals surface area (Å²) in [4.78, 5) is 2.06. The summed E-state index contributed by atoms with van der Waals surface area (Å²) >= 11 is 0. The molecule has 1 heterocycles. The molecule has 1 saturated heterocycles. The second kappa shape index (κ2) is 6.16. The average molecular weight is 318 g/mol. The normalized spacial score (nSPS) is 19.2. The summed E-state index contributed by atoms with van der Waals surface area (Å²) in [5.41, 5.74) is -1.04. The lowest BCUT2D eigenvalue weighted by Crippen LogP contribution is -2.48. The Morgan fingerprint density at radius 2 is 1.68 bits per heavy atom. The van der Waals surface area contributed by atoms with E-state index in [1.165, 1.54) is 0 Å². The smallest absolute Gasteiger partial charge is 0.314 e. The van der Waals surface area contributed by atoms with Crippen molar-refractivity contribution in [3.05, 3.63) is 35.1 Å². The molecule has 0 unspecified atom stereocenters. The van der Waals surface area contributed by atoms with Crippen LogP contribution in [0.3, 0.4) is 0 Å². The van der Waals surface area contributed by atoms with Gasteiger partial charge in [-0.15, -0.1) is 0 Å². The molecule has 1 aromatic carbocycles. The molecule has 0 saturated carbocycles. The van der Waals surface area contributed by atoms with Gasteiger partial charge >= 0.3 is 6.18 Å². The molecule has 124 valence electrons. The van der Waals surface area contributed by atoms with Gasteiger partial charge in [0.05, 0.1) is 5.56 Å². The molecule has 1 aliphatic rings. The van der Waals surface area contributed by atoms with Crippen molar-refractivity contribution >= 4 is 0 Å². The molecule has 2 rings (SSSR count). The first-order chi connectivity index (χ1) is 10.1. The molecule has 1 N–H and O–H groups in total. The van der Waals surface area contributed by atoms with Crippen molar-refractivity contribution < 1.29 is 17.6 Å². The van der Waals surface area contributed by atoms with Crippen molar-refractivity contribution in [3.8, 4) is 0 Å². The van der Waals surface area contributed by atoms with Crippen LogP contribution in [0.15, 0.2) is 18.2 Å². The largest absolute Gasteiger partial charge is 0.416 e. The average Bonchev–Trinajstić information content (AvgIpc) is 2.39. The maximum absolute atomic E-state index is 14.3. The summed E-state index contributed by atoms with van der Waals surface area (Å²) in [6.45, 7) is 8.69. The number of benzene rings is 1. The number of nitrogens with one attached hydrogen (secondary N) is 1. The van der Waals surface area contributed by atoms with Crippen molar-refractivity contribution in [2.45, 2.75) is 33.0 Å². The van der Waals surface area contributed by atoms with Crippen LogP contribution in [0.25, 0.3) is 0 Å². The van der Waals surface area contributed by atoms with Crippen molar-refractivity contribution in [1.82, 2.24) is 10.2 Å². The second-order valence-electron chi connectivity index (χ2n) is 6.79. The fourth-order valence-corrected chi connectivity index (χ4v) is 3.08. The van der Waals surface area contributed by atoms with Crippen LogP contribution in [-0.4, -0.2) is 31.1 Å². The molecule has 1 aromatic rings. The van der Waals surface area contributed by atoms with E-state index in [4.69, 9.17) is 0 Å². The van der Waals surface area contributed by atoms with Gasteiger partial charge in [-0.3, -0.25) is 4.90 Å². The number of piperazine rings is 1. The second-order valence-corrected chi connectivity index (χ2v) is 6.79. The van der Waals surface area contributed by atoms with Gasteiger partial charge in [0.25, 0.3) is 0 Å². The van der Waals surface area contributed by atoms with Gasteiger partial charge in [-0.2, -0.15) is 13.2 Å². The number of hydrogen-bond donors (Lipinski definition) is 1. The zero-order valence-corrected chi connectivity index (χ0v) is 13.1. The van der Waals surface area contributed by atoms with Crippen molar-refractivity contribution in [2.24, 2.45) is 5.41 Å². The highest BCUT2D eigenvalue weighted by Crippen LogP contribution is 2.41. The Kier molecular flexibility index (Phi) is 4.82. The van der Waals surface area contributed by atoms with Gasteiger partial charge < -0.3 is 5.32 Å². The zero-order valence-electron chi connectivity index (χ0n) is 13.1. The Bertz CT molecular complexity index is 514. The Morgan fingerprint density at radius 1 is 1.09 bits per heavy atom. The molecule has 0 aromatic heterocycles. The number of rotatable bonds is 2. The summed E-state index contributed by atoms with van der Waals surface area (Å²) < 4.78 is 53.2. The molecular weight excluding hydrogens is 296 g/mol.